The number of rotatable bonds is 4. The highest BCUT2D eigenvalue weighted by Gasteiger charge is 2.39. The molecule has 3 heterocycles. The van der Waals surface area contributed by atoms with Crippen LogP contribution in [0.1, 0.15) is 5.69 Å². The summed E-state index contributed by atoms with van der Waals surface area (Å²) in [5, 5.41) is 0.813. The van der Waals surface area contributed by atoms with Gasteiger partial charge in [-0.1, -0.05) is 24.3 Å². The van der Waals surface area contributed by atoms with Crippen molar-refractivity contribution in [3.05, 3.63) is 60.4 Å². The lowest BCUT2D eigenvalue weighted by atomic mass is 10.2. The molecule has 0 saturated carbocycles. The summed E-state index contributed by atoms with van der Waals surface area (Å²) in [5.74, 6) is 0.506. The number of pyridine rings is 2. The first-order valence-electron chi connectivity index (χ1n) is 7.98. The zero-order chi connectivity index (χ0) is 17.4. The van der Waals surface area contributed by atoms with Gasteiger partial charge in [0, 0.05) is 23.3 Å². The van der Waals surface area contributed by atoms with Crippen LogP contribution in [0, 0.1) is 6.92 Å². The first-order chi connectivity index (χ1) is 12.0. The molecule has 0 amide bonds. The summed E-state index contributed by atoms with van der Waals surface area (Å²) in [7, 11) is -3.60. The molecule has 0 radical (unpaired) electrons. The van der Waals surface area contributed by atoms with Crippen LogP contribution in [0.25, 0.3) is 10.9 Å². The highest BCUT2D eigenvalue weighted by molar-refractivity contribution is 7.89. The molecule has 0 spiro atoms. The summed E-state index contributed by atoms with van der Waals surface area (Å²) in [6.07, 6.45) is 1.46. The van der Waals surface area contributed by atoms with E-state index in [4.69, 9.17) is 4.74 Å². The summed E-state index contributed by atoms with van der Waals surface area (Å²) >= 11 is 0. The summed E-state index contributed by atoms with van der Waals surface area (Å²) < 4.78 is 33.0. The maximum Gasteiger partial charge on any atom is 0.245 e. The zero-order valence-electron chi connectivity index (χ0n) is 13.7. The Balaban J connectivity index is 1.57. The second-order valence-electron chi connectivity index (χ2n) is 6.01. The summed E-state index contributed by atoms with van der Waals surface area (Å²) in [6, 6.07) is 14.4. The predicted octanol–water partition coefficient (Wildman–Crippen LogP) is 2.39. The Bertz CT molecular complexity index is 1020. The Kier molecular flexibility index (Phi) is 3.89. The molecule has 0 aliphatic carbocycles. The van der Waals surface area contributed by atoms with Crippen LogP contribution in [0.4, 0.5) is 0 Å². The third-order valence-corrected chi connectivity index (χ3v) is 6.04. The van der Waals surface area contributed by atoms with E-state index in [-0.39, 0.29) is 11.0 Å². The molecule has 128 valence electrons. The predicted molar refractivity (Wildman–Crippen MR) is 93.9 cm³/mol. The van der Waals surface area contributed by atoms with Crippen molar-refractivity contribution in [2.45, 2.75) is 17.9 Å². The summed E-state index contributed by atoms with van der Waals surface area (Å²) in [4.78, 5) is 8.76. The van der Waals surface area contributed by atoms with Crippen LogP contribution in [0.3, 0.4) is 0 Å². The van der Waals surface area contributed by atoms with Crippen molar-refractivity contribution in [3.63, 3.8) is 0 Å². The number of aromatic nitrogens is 2. The fraction of sp³-hybridized carbons (Fsp3) is 0.222. The molecule has 6 nitrogen and oxygen atoms in total. The Morgan fingerprint density at radius 2 is 1.92 bits per heavy atom. The van der Waals surface area contributed by atoms with Crippen LogP contribution in [-0.4, -0.2) is 41.9 Å². The van der Waals surface area contributed by atoms with Gasteiger partial charge >= 0.3 is 0 Å². The number of sulfonamides is 1. The second-order valence-corrected chi connectivity index (χ2v) is 7.92. The molecular formula is C18H17N3O3S. The number of hydrogen-bond acceptors (Lipinski definition) is 5. The minimum absolute atomic E-state index is 0.186. The van der Waals surface area contributed by atoms with Gasteiger partial charge in [-0.3, -0.25) is 4.98 Å². The smallest absolute Gasteiger partial charge is 0.245 e. The number of benzene rings is 1. The highest BCUT2D eigenvalue weighted by Crippen LogP contribution is 2.28. The standard InChI is InChI=1S/C18H17N3O3S/c1-13-8-9-14-5-4-6-16(18(14)20-13)25(22,23)21-11-15(12-21)24-17-7-2-3-10-19-17/h2-10,15H,11-12H2,1H3. The van der Waals surface area contributed by atoms with Gasteiger partial charge in [0.2, 0.25) is 15.9 Å². The minimum Gasteiger partial charge on any atom is -0.472 e. The van der Waals surface area contributed by atoms with Crippen LogP contribution < -0.4 is 4.74 Å². The van der Waals surface area contributed by atoms with E-state index in [0.29, 0.717) is 24.5 Å². The van der Waals surface area contributed by atoms with Gasteiger partial charge in [0.15, 0.2) is 0 Å². The van der Waals surface area contributed by atoms with Gasteiger partial charge in [0.05, 0.1) is 18.6 Å². The summed E-state index contributed by atoms with van der Waals surface area (Å²) in [5.41, 5.74) is 1.30. The lowest BCUT2D eigenvalue weighted by Crippen LogP contribution is -2.56. The molecule has 3 aromatic rings. The molecule has 1 aliphatic rings. The molecule has 0 unspecified atom stereocenters. The van der Waals surface area contributed by atoms with E-state index in [2.05, 4.69) is 9.97 Å². The van der Waals surface area contributed by atoms with E-state index in [0.717, 1.165) is 11.1 Å². The van der Waals surface area contributed by atoms with Gasteiger partial charge in [-0.15, -0.1) is 0 Å². The van der Waals surface area contributed by atoms with E-state index in [1.807, 2.05) is 31.2 Å². The van der Waals surface area contributed by atoms with Crippen molar-refractivity contribution in [1.29, 1.82) is 0 Å². The third-order valence-electron chi connectivity index (χ3n) is 4.18. The number of aryl methyl sites for hydroxylation is 1. The van der Waals surface area contributed by atoms with Crippen LogP contribution >= 0.6 is 0 Å². The third kappa shape index (κ3) is 2.96. The Morgan fingerprint density at radius 1 is 1.08 bits per heavy atom. The lowest BCUT2D eigenvalue weighted by molar-refractivity contribution is 0.0721. The molecule has 0 bridgehead atoms. The van der Waals surface area contributed by atoms with Gasteiger partial charge in [-0.25, -0.2) is 13.4 Å². The van der Waals surface area contributed by atoms with Gasteiger partial charge in [-0.05, 0) is 25.1 Å². The summed E-state index contributed by atoms with van der Waals surface area (Å²) in [6.45, 7) is 2.46. The van der Waals surface area contributed by atoms with Crippen molar-refractivity contribution < 1.29 is 13.2 Å². The van der Waals surface area contributed by atoms with E-state index in [1.165, 1.54) is 4.31 Å². The van der Waals surface area contributed by atoms with E-state index in [1.54, 1.807) is 30.5 Å². The number of para-hydroxylation sites is 1. The average Bonchev–Trinajstić information content (AvgIpc) is 2.57. The average molecular weight is 355 g/mol. The lowest BCUT2D eigenvalue weighted by Gasteiger charge is -2.37. The molecular weight excluding hydrogens is 338 g/mol. The van der Waals surface area contributed by atoms with E-state index < -0.39 is 10.0 Å². The SMILES string of the molecule is Cc1ccc2cccc(S(=O)(=O)N3CC(Oc4ccccn4)C3)c2n1. The van der Waals surface area contributed by atoms with Crippen LogP contribution in [0.2, 0.25) is 0 Å². The fourth-order valence-electron chi connectivity index (χ4n) is 2.82. The van der Waals surface area contributed by atoms with Crippen molar-refractivity contribution in [3.8, 4) is 5.88 Å². The number of ether oxygens (including phenoxy) is 1. The zero-order valence-corrected chi connectivity index (χ0v) is 14.5. The van der Waals surface area contributed by atoms with E-state index in [9.17, 15) is 8.42 Å². The fourth-order valence-corrected chi connectivity index (χ4v) is 4.49. The number of nitrogens with zero attached hydrogens (tertiary/aromatic N) is 3. The maximum atomic E-state index is 13.0. The minimum atomic E-state index is -3.60. The first kappa shape index (κ1) is 16.0. The molecule has 2 aromatic heterocycles. The molecule has 1 aromatic carbocycles. The van der Waals surface area contributed by atoms with Crippen molar-refractivity contribution in [2.75, 3.05) is 13.1 Å². The van der Waals surface area contributed by atoms with Crippen molar-refractivity contribution in [2.24, 2.45) is 0 Å². The molecule has 0 atom stereocenters. The van der Waals surface area contributed by atoms with Crippen molar-refractivity contribution >= 4 is 20.9 Å². The maximum absolute atomic E-state index is 13.0. The van der Waals surface area contributed by atoms with Gasteiger partial charge in [0.25, 0.3) is 0 Å². The number of fused-ring (bicyclic) bond motifs is 1. The Morgan fingerprint density at radius 3 is 2.68 bits per heavy atom. The monoisotopic (exact) mass is 355 g/mol. The first-order valence-corrected chi connectivity index (χ1v) is 9.42. The quantitative estimate of drug-likeness (QED) is 0.718. The molecule has 1 aliphatic heterocycles. The van der Waals surface area contributed by atoms with Gasteiger partial charge in [-0.2, -0.15) is 4.31 Å². The topological polar surface area (TPSA) is 72.4 Å². The molecule has 25 heavy (non-hydrogen) atoms. The normalized spacial score (nSPS) is 15.9. The van der Waals surface area contributed by atoms with Crippen LogP contribution in [0.5, 0.6) is 5.88 Å². The van der Waals surface area contributed by atoms with Gasteiger partial charge < -0.3 is 4.74 Å². The highest BCUT2D eigenvalue weighted by atomic mass is 32.2. The molecule has 7 heteroatoms. The number of hydrogen-bond donors (Lipinski definition) is 0. The van der Waals surface area contributed by atoms with E-state index >= 15 is 0 Å². The van der Waals surface area contributed by atoms with Crippen LogP contribution in [0.15, 0.2) is 59.6 Å². The molecule has 1 fully saturated rings. The second kappa shape index (κ2) is 6.09. The van der Waals surface area contributed by atoms with Crippen LogP contribution in [-0.2, 0) is 10.0 Å². The molecule has 1 saturated heterocycles. The largest absolute Gasteiger partial charge is 0.472 e. The Labute approximate surface area is 146 Å². The van der Waals surface area contributed by atoms with Crippen molar-refractivity contribution in [1.82, 2.24) is 14.3 Å². The Hall–Kier alpha value is -2.51. The molecule has 4 rings (SSSR count). The van der Waals surface area contributed by atoms with Gasteiger partial charge in [0.1, 0.15) is 11.0 Å². The molecule has 0 N–H and O–H groups in total.